The monoisotopic (exact) mass is 467 g/mol. The minimum absolute atomic E-state index is 0.0767. The highest BCUT2D eigenvalue weighted by atomic mass is 79.9. The molecule has 0 atom stereocenters. The molecule has 0 bridgehead atoms. The van der Waals surface area contributed by atoms with Gasteiger partial charge >= 0.3 is 5.97 Å². The Morgan fingerprint density at radius 1 is 1.18 bits per heavy atom. The Morgan fingerprint density at radius 3 is 2.54 bits per heavy atom. The molecule has 0 saturated heterocycles. The number of hydrogen-bond acceptors (Lipinski definition) is 8. The van der Waals surface area contributed by atoms with E-state index in [0.717, 1.165) is 10.5 Å². The molecule has 2 aromatic carbocycles. The number of carbonyl (C=O) groups is 1. The molecule has 0 saturated carbocycles. The van der Waals surface area contributed by atoms with Gasteiger partial charge in [0.05, 0.1) is 12.0 Å². The average molecular weight is 468 g/mol. The molecule has 3 aromatic rings. The number of nitrogens with zero attached hydrogens (tertiary/aromatic N) is 2. The number of aromatic nitrogens is 2. The zero-order valence-corrected chi connectivity index (χ0v) is 16.9. The van der Waals surface area contributed by atoms with Gasteiger partial charge in [-0.3, -0.25) is 0 Å². The number of halogens is 1. The quantitative estimate of drug-likeness (QED) is 0.546. The molecule has 0 fully saturated rings. The summed E-state index contributed by atoms with van der Waals surface area (Å²) in [6, 6.07) is 10.8. The first kappa shape index (κ1) is 20.0. The predicted molar refractivity (Wildman–Crippen MR) is 101 cm³/mol. The smallest absolute Gasteiger partial charge is 0.342 e. The van der Waals surface area contributed by atoms with Crippen LogP contribution >= 0.6 is 15.9 Å². The number of esters is 1. The minimum atomic E-state index is -3.99. The Labute approximate surface area is 168 Å². The second kappa shape index (κ2) is 8.09. The summed E-state index contributed by atoms with van der Waals surface area (Å²) in [6.45, 7) is -0.300. The van der Waals surface area contributed by atoms with Gasteiger partial charge in [-0.05, 0) is 42.5 Å². The van der Waals surface area contributed by atoms with Crippen LogP contribution in [-0.2, 0) is 21.4 Å². The van der Waals surface area contributed by atoms with Crippen LogP contribution in [0, 0.1) is 0 Å². The van der Waals surface area contributed by atoms with Crippen molar-refractivity contribution in [1.29, 1.82) is 0 Å². The van der Waals surface area contributed by atoms with Gasteiger partial charge in [0.2, 0.25) is 15.9 Å². The maximum Gasteiger partial charge on any atom is 0.342 e. The molecule has 3 rings (SSSR count). The number of methoxy groups -OCH3 is 1. The first-order chi connectivity index (χ1) is 13.3. The van der Waals surface area contributed by atoms with Crippen LogP contribution in [-0.4, -0.2) is 31.7 Å². The standard InChI is InChI=1S/C17H14BrN3O6S/c1-25-14-7-6-12(28(19,23)24)8-13(14)17(22)26-9-15-20-21-16(27-15)10-2-4-11(18)5-3-10/h2-8H,9H2,1H3,(H2,19,23,24). The van der Waals surface area contributed by atoms with E-state index >= 15 is 0 Å². The summed E-state index contributed by atoms with van der Waals surface area (Å²) < 4.78 is 39.6. The van der Waals surface area contributed by atoms with Gasteiger partial charge in [-0.2, -0.15) is 0 Å². The van der Waals surface area contributed by atoms with Crippen molar-refractivity contribution < 1.29 is 27.1 Å². The lowest BCUT2D eigenvalue weighted by molar-refractivity contribution is 0.0434. The van der Waals surface area contributed by atoms with Gasteiger partial charge in [0.15, 0.2) is 6.61 Å². The second-order valence-electron chi connectivity index (χ2n) is 5.49. The summed E-state index contributed by atoms with van der Waals surface area (Å²) in [5.74, 6) is -0.343. The van der Waals surface area contributed by atoms with Crippen molar-refractivity contribution in [2.24, 2.45) is 5.14 Å². The number of benzene rings is 2. The van der Waals surface area contributed by atoms with Crippen molar-refractivity contribution in [3.8, 4) is 17.2 Å². The van der Waals surface area contributed by atoms with Crippen LogP contribution in [0.4, 0.5) is 0 Å². The Bertz CT molecular complexity index is 1110. The highest BCUT2D eigenvalue weighted by Gasteiger charge is 2.19. The van der Waals surface area contributed by atoms with E-state index < -0.39 is 16.0 Å². The van der Waals surface area contributed by atoms with Gasteiger partial charge in [-0.25, -0.2) is 18.4 Å². The van der Waals surface area contributed by atoms with Crippen molar-refractivity contribution in [2.75, 3.05) is 7.11 Å². The second-order valence-corrected chi connectivity index (χ2v) is 7.97. The molecule has 0 aliphatic rings. The maximum absolute atomic E-state index is 12.4. The fourth-order valence-electron chi connectivity index (χ4n) is 2.25. The zero-order valence-electron chi connectivity index (χ0n) is 14.5. The fraction of sp³-hybridized carbons (Fsp3) is 0.118. The summed E-state index contributed by atoms with van der Waals surface area (Å²) in [5, 5.41) is 12.8. The van der Waals surface area contributed by atoms with Crippen molar-refractivity contribution in [1.82, 2.24) is 10.2 Å². The van der Waals surface area contributed by atoms with E-state index in [4.69, 9.17) is 19.0 Å². The van der Waals surface area contributed by atoms with Gasteiger partial charge < -0.3 is 13.9 Å². The molecule has 2 N–H and O–H groups in total. The number of rotatable bonds is 6. The first-order valence-corrected chi connectivity index (χ1v) is 10.1. The van der Waals surface area contributed by atoms with Gasteiger partial charge in [-0.1, -0.05) is 15.9 Å². The maximum atomic E-state index is 12.4. The number of hydrogen-bond donors (Lipinski definition) is 1. The predicted octanol–water partition coefficient (Wildman–Crippen LogP) is 2.51. The van der Waals surface area contributed by atoms with E-state index in [-0.39, 0.29) is 34.6 Å². The molecule has 0 radical (unpaired) electrons. The molecule has 0 unspecified atom stereocenters. The zero-order chi connectivity index (χ0) is 20.3. The highest BCUT2D eigenvalue weighted by molar-refractivity contribution is 9.10. The normalized spacial score (nSPS) is 11.2. The third-order valence-electron chi connectivity index (χ3n) is 3.60. The van der Waals surface area contributed by atoms with E-state index in [9.17, 15) is 13.2 Å². The van der Waals surface area contributed by atoms with Crippen LogP contribution in [0.5, 0.6) is 5.75 Å². The SMILES string of the molecule is COc1ccc(S(N)(=O)=O)cc1C(=O)OCc1nnc(-c2ccc(Br)cc2)o1. The van der Waals surface area contributed by atoms with Crippen LogP contribution < -0.4 is 9.88 Å². The van der Waals surface area contributed by atoms with E-state index in [1.165, 1.54) is 19.2 Å². The van der Waals surface area contributed by atoms with Crippen LogP contribution in [0.15, 0.2) is 56.2 Å². The fourth-order valence-corrected chi connectivity index (χ4v) is 3.05. The number of sulfonamides is 1. The van der Waals surface area contributed by atoms with E-state index in [1.807, 2.05) is 12.1 Å². The van der Waals surface area contributed by atoms with Gasteiger partial charge in [0, 0.05) is 10.0 Å². The third kappa shape index (κ3) is 4.55. The summed E-state index contributed by atoms with van der Waals surface area (Å²) in [7, 11) is -2.65. The first-order valence-electron chi connectivity index (χ1n) is 7.74. The Hall–Kier alpha value is -2.76. The number of carbonyl (C=O) groups excluding carboxylic acids is 1. The summed E-state index contributed by atoms with van der Waals surface area (Å²) in [4.78, 5) is 12.1. The number of primary sulfonamides is 1. The summed E-state index contributed by atoms with van der Waals surface area (Å²) in [6.07, 6.45) is 0. The Kier molecular flexibility index (Phi) is 5.77. The van der Waals surface area contributed by atoms with Gasteiger partial charge in [0.1, 0.15) is 11.3 Å². The Morgan fingerprint density at radius 2 is 1.89 bits per heavy atom. The van der Waals surface area contributed by atoms with E-state index in [2.05, 4.69) is 26.1 Å². The van der Waals surface area contributed by atoms with Gasteiger partial charge in [0.25, 0.3) is 5.89 Å². The molecular weight excluding hydrogens is 454 g/mol. The number of ether oxygens (including phenoxy) is 2. The molecule has 1 heterocycles. The molecule has 146 valence electrons. The largest absolute Gasteiger partial charge is 0.496 e. The van der Waals surface area contributed by atoms with Crippen LogP contribution in [0.1, 0.15) is 16.2 Å². The molecule has 11 heteroatoms. The van der Waals surface area contributed by atoms with E-state index in [1.54, 1.807) is 12.1 Å². The van der Waals surface area contributed by atoms with Crippen molar-refractivity contribution in [3.63, 3.8) is 0 Å². The summed E-state index contributed by atoms with van der Waals surface area (Å²) >= 11 is 3.34. The molecular formula is C17H14BrN3O6S. The van der Waals surface area contributed by atoms with Gasteiger partial charge in [-0.15, -0.1) is 10.2 Å². The average Bonchev–Trinajstić information content (AvgIpc) is 3.14. The lowest BCUT2D eigenvalue weighted by atomic mass is 10.2. The highest BCUT2D eigenvalue weighted by Crippen LogP contribution is 2.24. The molecule has 9 nitrogen and oxygen atoms in total. The topological polar surface area (TPSA) is 135 Å². The minimum Gasteiger partial charge on any atom is -0.496 e. The molecule has 0 amide bonds. The molecule has 0 spiro atoms. The Balaban J connectivity index is 1.75. The van der Waals surface area contributed by atoms with Crippen molar-refractivity contribution >= 4 is 31.9 Å². The third-order valence-corrected chi connectivity index (χ3v) is 5.04. The van der Waals surface area contributed by atoms with E-state index in [0.29, 0.717) is 5.56 Å². The van der Waals surface area contributed by atoms with Crippen LogP contribution in [0.2, 0.25) is 0 Å². The van der Waals surface area contributed by atoms with Crippen LogP contribution in [0.25, 0.3) is 11.5 Å². The lowest BCUT2D eigenvalue weighted by Crippen LogP contribution is -2.14. The molecule has 0 aliphatic carbocycles. The summed E-state index contributed by atoms with van der Waals surface area (Å²) in [5.41, 5.74) is 0.609. The molecule has 28 heavy (non-hydrogen) atoms. The number of nitrogens with two attached hydrogens (primary N) is 1. The molecule has 1 aromatic heterocycles. The van der Waals surface area contributed by atoms with Crippen molar-refractivity contribution in [2.45, 2.75) is 11.5 Å². The van der Waals surface area contributed by atoms with Crippen molar-refractivity contribution in [3.05, 3.63) is 58.4 Å². The molecule has 0 aliphatic heterocycles. The lowest BCUT2D eigenvalue weighted by Gasteiger charge is -2.09. The van der Waals surface area contributed by atoms with Crippen LogP contribution in [0.3, 0.4) is 0 Å².